The van der Waals surface area contributed by atoms with Crippen molar-refractivity contribution in [3.05, 3.63) is 59.7 Å². The van der Waals surface area contributed by atoms with E-state index in [-0.39, 0.29) is 36.5 Å². The van der Waals surface area contributed by atoms with Crippen molar-refractivity contribution < 1.29 is 24.2 Å². The molecule has 0 unspecified atom stereocenters. The summed E-state index contributed by atoms with van der Waals surface area (Å²) in [5, 5.41) is 12.9. The molecule has 2 aromatic carbocycles. The number of carbonyl (C=O) groups excluding carboxylic acids is 2. The van der Waals surface area contributed by atoms with Gasteiger partial charge in [0.05, 0.1) is 30.4 Å². The molecule has 0 spiro atoms. The molecule has 1 heterocycles. The van der Waals surface area contributed by atoms with Gasteiger partial charge in [-0.1, -0.05) is 25.1 Å². The molecule has 1 aliphatic rings. The zero-order chi connectivity index (χ0) is 27.7. The Labute approximate surface area is 226 Å². The Morgan fingerprint density at radius 3 is 2.58 bits per heavy atom. The van der Waals surface area contributed by atoms with Gasteiger partial charge in [0.2, 0.25) is 0 Å². The summed E-state index contributed by atoms with van der Waals surface area (Å²) in [4.78, 5) is 30.6. The average molecular weight is 526 g/mol. The lowest BCUT2D eigenvalue weighted by atomic mass is 10.0. The number of nitrogens with zero attached hydrogens (tertiary/aromatic N) is 2. The summed E-state index contributed by atoms with van der Waals surface area (Å²) in [6.45, 7) is 7.54. The second-order valence-electron chi connectivity index (χ2n) is 10.6. The number of aliphatic hydroxyl groups is 1. The molecule has 2 amide bonds. The van der Waals surface area contributed by atoms with Gasteiger partial charge in [-0.2, -0.15) is 0 Å². The summed E-state index contributed by atoms with van der Waals surface area (Å²) in [7, 11) is 4.03. The molecule has 0 aromatic heterocycles. The summed E-state index contributed by atoms with van der Waals surface area (Å²) < 4.78 is 12.5. The Hall–Kier alpha value is -2.94. The van der Waals surface area contributed by atoms with Gasteiger partial charge in [0, 0.05) is 36.9 Å². The minimum Gasteiger partial charge on any atom is -0.490 e. The van der Waals surface area contributed by atoms with Crippen molar-refractivity contribution in [3.8, 4) is 5.75 Å². The number of nitrogens with one attached hydrogen (secondary N) is 1. The molecule has 0 fully saturated rings. The topological polar surface area (TPSA) is 91.3 Å². The van der Waals surface area contributed by atoms with Crippen molar-refractivity contribution in [1.29, 1.82) is 0 Å². The van der Waals surface area contributed by atoms with E-state index >= 15 is 0 Å². The zero-order valence-corrected chi connectivity index (χ0v) is 23.4. The van der Waals surface area contributed by atoms with Crippen LogP contribution in [0.25, 0.3) is 0 Å². The number of amides is 2. The predicted octanol–water partition coefficient (Wildman–Crippen LogP) is 4.30. The van der Waals surface area contributed by atoms with Crippen LogP contribution in [-0.2, 0) is 4.74 Å². The van der Waals surface area contributed by atoms with Crippen molar-refractivity contribution in [2.75, 3.05) is 45.7 Å². The number of hydrogen-bond acceptors (Lipinski definition) is 6. The largest absolute Gasteiger partial charge is 0.490 e. The van der Waals surface area contributed by atoms with Crippen LogP contribution in [0, 0.1) is 5.92 Å². The van der Waals surface area contributed by atoms with Gasteiger partial charge in [0.25, 0.3) is 11.8 Å². The number of hydrogen-bond donors (Lipinski definition) is 2. The van der Waals surface area contributed by atoms with Crippen molar-refractivity contribution in [2.45, 2.75) is 58.3 Å². The highest BCUT2D eigenvalue weighted by molar-refractivity contribution is 6.05. The molecule has 0 bridgehead atoms. The second-order valence-corrected chi connectivity index (χ2v) is 10.6. The lowest BCUT2D eigenvalue weighted by Gasteiger charge is -2.35. The molecular weight excluding hydrogens is 482 g/mol. The first kappa shape index (κ1) is 29.6. The number of carbonyl (C=O) groups is 2. The normalized spacial score (nSPS) is 22.2. The van der Waals surface area contributed by atoms with E-state index in [1.54, 1.807) is 47.4 Å². The van der Waals surface area contributed by atoms with Crippen LogP contribution < -0.4 is 10.1 Å². The monoisotopic (exact) mass is 525 g/mol. The molecule has 4 atom stereocenters. The first-order valence-electron chi connectivity index (χ1n) is 13.5. The maximum atomic E-state index is 14.1. The number of ether oxygens (including phenoxy) is 2. The lowest BCUT2D eigenvalue weighted by molar-refractivity contribution is -0.0137. The van der Waals surface area contributed by atoms with Gasteiger partial charge >= 0.3 is 0 Å². The number of benzene rings is 2. The molecule has 2 N–H and O–H groups in total. The average Bonchev–Trinajstić information content (AvgIpc) is 2.90. The Kier molecular flexibility index (Phi) is 11.1. The van der Waals surface area contributed by atoms with Crippen LogP contribution in [-0.4, -0.2) is 85.4 Å². The van der Waals surface area contributed by atoms with Crippen molar-refractivity contribution >= 4 is 17.5 Å². The van der Waals surface area contributed by atoms with E-state index in [1.165, 1.54) is 0 Å². The van der Waals surface area contributed by atoms with Gasteiger partial charge in [0.1, 0.15) is 5.75 Å². The fourth-order valence-corrected chi connectivity index (χ4v) is 4.62. The molecule has 0 saturated carbocycles. The summed E-state index contributed by atoms with van der Waals surface area (Å²) in [5.41, 5.74) is 1.39. The molecule has 2 aromatic rings. The van der Waals surface area contributed by atoms with E-state index in [4.69, 9.17) is 9.47 Å². The third-order valence-electron chi connectivity index (χ3n) is 6.89. The highest BCUT2D eigenvalue weighted by atomic mass is 16.5. The van der Waals surface area contributed by atoms with Gasteiger partial charge in [-0.3, -0.25) is 9.59 Å². The maximum Gasteiger partial charge on any atom is 0.258 e. The van der Waals surface area contributed by atoms with Gasteiger partial charge < -0.3 is 29.7 Å². The minimum atomic E-state index is -0.411. The highest BCUT2D eigenvalue weighted by Gasteiger charge is 2.30. The smallest absolute Gasteiger partial charge is 0.258 e. The number of fused-ring (bicyclic) bond motifs is 1. The summed E-state index contributed by atoms with van der Waals surface area (Å²) in [5.74, 6) is -0.00756. The molecule has 208 valence electrons. The first-order chi connectivity index (χ1) is 18.2. The number of rotatable bonds is 6. The third-order valence-corrected chi connectivity index (χ3v) is 6.89. The Bertz CT molecular complexity index is 1050. The molecular formula is C30H43N3O5. The van der Waals surface area contributed by atoms with E-state index in [0.717, 1.165) is 25.8 Å². The molecule has 1 aliphatic heterocycles. The van der Waals surface area contributed by atoms with Crippen LogP contribution in [0.15, 0.2) is 48.5 Å². The molecule has 0 aliphatic carbocycles. The number of likely N-dealkylation sites (N-methyl/N-ethyl adjacent to an activating group) is 1. The van der Waals surface area contributed by atoms with E-state index in [0.29, 0.717) is 35.7 Å². The van der Waals surface area contributed by atoms with Gasteiger partial charge in [-0.05, 0) is 77.5 Å². The van der Waals surface area contributed by atoms with Crippen LogP contribution >= 0.6 is 0 Å². The number of aliphatic hydroxyl groups excluding tert-OH is 1. The fourth-order valence-electron chi connectivity index (χ4n) is 4.62. The van der Waals surface area contributed by atoms with Gasteiger partial charge in [-0.25, -0.2) is 0 Å². The quantitative estimate of drug-likeness (QED) is 0.585. The zero-order valence-electron chi connectivity index (χ0n) is 23.4. The van der Waals surface area contributed by atoms with E-state index < -0.39 is 6.04 Å². The third kappa shape index (κ3) is 8.28. The fraction of sp³-hybridized carbons (Fsp3) is 0.533. The van der Waals surface area contributed by atoms with Crippen LogP contribution in [0.3, 0.4) is 0 Å². The molecule has 3 rings (SSSR count). The van der Waals surface area contributed by atoms with Crippen molar-refractivity contribution in [3.63, 3.8) is 0 Å². The van der Waals surface area contributed by atoms with Crippen LogP contribution in [0.5, 0.6) is 5.75 Å². The standard InChI is InChI=1S/C30H43N3O5/c1-21-18-33(22(2)20-34)30(36)26-17-25(31-29(35)24-12-7-6-8-13-24)14-15-27(26)38-23(3)11-9-10-16-37-28(21)19-32(4)5/h6-8,12-15,17,21-23,28,34H,9-11,16,18-20H2,1-5H3,(H,31,35)/t21-,22-,23-,28-/m0/s1. The van der Waals surface area contributed by atoms with Gasteiger partial charge in [0.15, 0.2) is 0 Å². The van der Waals surface area contributed by atoms with Gasteiger partial charge in [-0.15, -0.1) is 0 Å². The number of anilines is 1. The highest BCUT2D eigenvalue weighted by Crippen LogP contribution is 2.28. The summed E-state index contributed by atoms with van der Waals surface area (Å²) in [6, 6.07) is 13.7. The molecule has 8 heteroatoms. The Morgan fingerprint density at radius 1 is 1.16 bits per heavy atom. The summed E-state index contributed by atoms with van der Waals surface area (Å²) in [6.07, 6.45) is 2.55. The Morgan fingerprint density at radius 2 is 1.89 bits per heavy atom. The second kappa shape index (κ2) is 14.3. The van der Waals surface area contributed by atoms with E-state index in [9.17, 15) is 14.7 Å². The van der Waals surface area contributed by atoms with Crippen LogP contribution in [0.4, 0.5) is 5.69 Å². The first-order valence-corrected chi connectivity index (χ1v) is 13.5. The molecule has 0 saturated heterocycles. The van der Waals surface area contributed by atoms with Crippen LogP contribution in [0.2, 0.25) is 0 Å². The SMILES string of the molecule is C[C@H]1CCCCO[C@@H](CN(C)C)[C@@H](C)CN([C@@H](C)CO)C(=O)c2cc(NC(=O)c3ccccc3)ccc2O1. The predicted molar refractivity (Wildman–Crippen MR) is 150 cm³/mol. The maximum absolute atomic E-state index is 14.1. The van der Waals surface area contributed by atoms with Crippen LogP contribution in [0.1, 0.15) is 60.7 Å². The van der Waals surface area contributed by atoms with Crippen molar-refractivity contribution in [2.24, 2.45) is 5.92 Å². The van der Waals surface area contributed by atoms with E-state index in [1.807, 2.05) is 34.0 Å². The summed E-state index contributed by atoms with van der Waals surface area (Å²) >= 11 is 0. The molecule has 0 radical (unpaired) electrons. The lowest BCUT2D eigenvalue weighted by Crippen LogP contribution is -2.47. The molecule has 8 nitrogen and oxygen atoms in total. The Balaban J connectivity index is 1.98. The minimum absolute atomic E-state index is 0.0301. The molecule has 38 heavy (non-hydrogen) atoms. The van der Waals surface area contributed by atoms with Crippen molar-refractivity contribution in [1.82, 2.24) is 9.80 Å². The van der Waals surface area contributed by atoms with E-state index in [2.05, 4.69) is 17.1 Å².